The number of likely N-dealkylation sites (N-methyl/N-ethyl adjacent to an activating group) is 1. The lowest BCUT2D eigenvalue weighted by atomic mass is 10.1. The van der Waals surface area contributed by atoms with Crippen LogP contribution in [-0.2, 0) is 11.2 Å². The maximum atomic E-state index is 11.9. The van der Waals surface area contributed by atoms with Crippen LogP contribution in [0.4, 0.5) is 0 Å². The molecule has 2 aromatic rings. The lowest BCUT2D eigenvalue weighted by molar-refractivity contribution is -0.127. The molecule has 7 heteroatoms. The van der Waals surface area contributed by atoms with Crippen molar-refractivity contribution in [3.8, 4) is 5.75 Å². The average molecular weight is 417 g/mol. The van der Waals surface area contributed by atoms with E-state index in [0.29, 0.717) is 17.5 Å². The highest BCUT2D eigenvalue weighted by Crippen LogP contribution is 2.22. The van der Waals surface area contributed by atoms with Gasteiger partial charge in [-0.1, -0.05) is 41.9 Å². The number of amides is 1. The molecule has 2 N–H and O–H groups in total. The number of carbonyl (C=O) groups is 1. The normalized spacial score (nSPS) is 12.2. The maximum absolute atomic E-state index is 11.9. The van der Waals surface area contributed by atoms with Gasteiger partial charge in [-0.3, -0.25) is 4.79 Å². The summed E-state index contributed by atoms with van der Waals surface area (Å²) in [7, 11) is 5.09. The Balaban J connectivity index is 2.02. The molecule has 0 bridgehead atoms. The van der Waals surface area contributed by atoms with Crippen molar-refractivity contribution < 1.29 is 9.53 Å². The standard InChI is InChI=1S/C22H29ClN4O2/c1-16(19-7-5-6-8-20(19)23)26-22(25-15-21(28)27(2)3)24-14-13-17-9-11-18(29-4)12-10-17/h5-12,16H,13-15H2,1-4H3,(H2,24,25,26). The van der Waals surface area contributed by atoms with E-state index in [2.05, 4.69) is 15.6 Å². The van der Waals surface area contributed by atoms with Gasteiger partial charge in [-0.15, -0.1) is 0 Å². The molecule has 0 heterocycles. The lowest BCUT2D eigenvalue weighted by Crippen LogP contribution is -2.40. The van der Waals surface area contributed by atoms with Crippen LogP contribution in [-0.4, -0.2) is 51.1 Å². The number of rotatable bonds is 8. The quantitative estimate of drug-likeness (QED) is 0.512. The average Bonchev–Trinajstić information content (AvgIpc) is 2.72. The highest BCUT2D eigenvalue weighted by atomic mass is 35.5. The Morgan fingerprint density at radius 1 is 1.17 bits per heavy atom. The van der Waals surface area contributed by atoms with Crippen molar-refractivity contribution in [2.75, 3.05) is 34.3 Å². The van der Waals surface area contributed by atoms with Gasteiger partial charge in [0.15, 0.2) is 5.96 Å². The van der Waals surface area contributed by atoms with Crippen molar-refractivity contribution in [1.29, 1.82) is 0 Å². The van der Waals surface area contributed by atoms with E-state index in [1.54, 1.807) is 21.2 Å². The van der Waals surface area contributed by atoms with Crippen molar-refractivity contribution in [2.45, 2.75) is 19.4 Å². The van der Waals surface area contributed by atoms with Gasteiger partial charge in [0.05, 0.1) is 13.2 Å². The van der Waals surface area contributed by atoms with Crippen molar-refractivity contribution in [3.05, 3.63) is 64.7 Å². The van der Waals surface area contributed by atoms with Crippen LogP contribution in [0, 0.1) is 0 Å². The Labute approximate surface area is 177 Å². The van der Waals surface area contributed by atoms with Crippen molar-refractivity contribution in [3.63, 3.8) is 0 Å². The molecule has 0 saturated heterocycles. The molecule has 0 aliphatic rings. The van der Waals surface area contributed by atoms with E-state index < -0.39 is 0 Å². The summed E-state index contributed by atoms with van der Waals surface area (Å²) in [6, 6.07) is 15.6. The smallest absolute Gasteiger partial charge is 0.243 e. The zero-order valence-electron chi connectivity index (χ0n) is 17.4. The Bertz CT molecular complexity index is 822. The number of ether oxygens (including phenoxy) is 1. The van der Waals surface area contributed by atoms with E-state index in [9.17, 15) is 4.79 Å². The van der Waals surface area contributed by atoms with E-state index in [1.807, 2.05) is 55.5 Å². The van der Waals surface area contributed by atoms with Gasteiger partial charge in [-0.25, -0.2) is 4.99 Å². The minimum atomic E-state index is -0.0644. The lowest BCUT2D eigenvalue weighted by Gasteiger charge is -2.20. The number of carbonyl (C=O) groups excluding carboxylic acids is 1. The summed E-state index contributed by atoms with van der Waals surface area (Å²) in [5, 5.41) is 7.33. The highest BCUT2D eigenvalue weighted by Gasteiger charge is 2.12. The Morgan fingerprint density at radius 2 is 1.86 bits per heavy atom. The van der Waals surface area contributed by atoms with Gasteiger partial charge in [-0.2, -0.15) is 0 Å². The highest BCUT2D eigenvalue weighted by molar-refractivity contribution is 6.31. The summed E-state index contributed by atoms with van der Waals surface area (Å²) in [5.41, 5.74) is 2.15. The fourth-order valence-corrected chi connectivity index (χ4v) is 2.97. The fourth-order valence-electron chi connectivity index (χ4n) is 2.67. The number of guanidine groups is 1. The predicted octanol–water partition coefficient (Wildman–Crippen LogP) is 3.28. The molecule has 1 atom stereocenters. The minimum absolute atomic E-state index is 0.0633. The molecule has 0 aliphatic heterocycles. The molecule has 0 aliphatic carbocycles. The zero-order valence-corrected chi connectivity index (χ0v) is 18.2. The molecule has 0 fully saturated rings. The molecule has 156 valence electrons. The second kappa shape index (κ2) is 11.3. The zero-order chi connectivity index (χ0) is 21.2. The Kier molecular flexibility index (Phi) is 8.80. The van der Waals surface area contributed by atoms with Crippen molar-refractivity contribution >= 4 is 23.5 Å². The number of benzene rings is 2. The number of hydrogen-bond donors (Lipinski definition) is 2. The third-order valence-corrected chi connectivity index (χ3v) is 4.81. The Hall–Kier alpha value is -2.73. The summed E-state index contributed by atoms with van der Waals surface area (Å²) in [6.07, 6.45) is 0.812. The number of methoxy groups -OCH3 is 1. The van der Waals surface area contributed by atoms with Gasteiger partial charge >= 0.3 is 0 Å². The van der Waals surface area contributed by atoms with Crippen molar-refractivity contribution in [2.24, 2.45) is 4.99 Å². The van der Waals surface area contributed by atoms with Gasteiger partial charge < -0.3 is 20.3 Å². The first-order chi connectivity index (χ1) is 13.9. The molecule has 0 saturated carbocycles. The predicted molar refractivity (Wildman–Crippen MR) is 119 cm³/mol. The summed E-state index contributed by atoms with van der Waals surface area (Å²) in [4.78, 5) is 17.9. The van der Waals surface area contributed by atoms with Crippen LogP contribution >= 0.6 is 11.6 Å². The van der Waals surface area contributed by atoms with Crippen LogP contribution in [0.3, 0.4) is 0 Å². The van der Waals surface area contributed by atoms with Crippen LogP contribution in [0.15, 0.2) is 53.5 Å². The molecular weight excluding hydrogens is 388 g/mol. The first-order valence-electron chi connectivity index (χ1n) is 9.53. The summed E-state index contributed by atoms with van der Waals surface area (Å²) in [5.74, 6) is 1.34. The largest absolute Gasteiger partial charge is 0.497 e. The van der Waals surface area contributed by atoms with Gasteiger partial charge in [0.25, 0.3) is 0 Å². The van der Waals surface area contributed by atoms with Crippen LogP contribution in [0.2, 0.25) is 5.02 Å². The molecule has 2 rings (SSSR count). The maximum Gasteiger partial charge on any atom is 0.243 e. The monoisotopic (exact) mass is 416 g/mol. The molecule has 1 amide bonds. The van der Waals surface area contributed by atoms with Crippen LogP contribution in [0.1, 0.15) is 24.1 Å². The number of nitrogens with one attached hydrogen (secondary N) is 2. The fraction of sp³-hybridized carbons (Fsp3) is 0.364. The number of halogens is 1. The van der Waals surface area contributed by atoms with E-state index in [0.717, 1.165) is 17.7 Å². The topological polar surface area (TPSA) is 66.0 Å². The molecule has 0 radical (unpaired) electrons. The molecule has 1 unspecified atom stereocenters. The van der Waals surface area contributed by atoms with Crippen LogP contribution in [0.25, 0.3) is 0 Å². The van der Waals surface area contributed by atoms with E-state index >= 15 is 0 Å². The molecule has 6 nitrogen and oxygen atoms in total. The third-order valence-electron chi connectivity index (χ3n) is 4.46. The van der Waals surface area contributed by atoms with E-state index in [4.69, 9.17) is 16.3 Å². The molecule has 0 aromatic heterocycles. The molecular formula is C22H29ClN4O2. The third kappa shape index (κ3) is 7.31. The van der Waals surface area contributed by atoms with Gasteiger partial charge in [-0.05, 0) is 42.7 Å². The van der Waals surface area contributed by atoms with Gasteiger partial charge in [0, 0.05) is 25.7 Å². The first-order valence-corrected chi connectivity index (χ1v) is 9.91. The van der Waals surface area contributed by atoms with Gasteiger partial charge in [0.2, 0.25) is 5.91 Å². The summed E-state index contributed by atoms with van der Waals surface area (Å²) >= 11 is 6.31. The molecule has 2 aromatic carbocycles. The van der Waals surface area contributed by atoms with Crippen LogP contribution in [0.5, 0.6) is 5.75 Å². The van der Waals surface area contributed by atoms with Crippen LogP contribution < -0.4 is 15.4 Å². The number of hydrogen-bond acceptors (Lipinski definition) is 3. The first kappa shape index (κ1) is 22.6. The van der Waals surface area contributed by atoms with E-state index in [1.165, 1.54) is 10.5 Å². The van der Waals surface area contributed by atoms with Crippen molar-refractivity contribution in [1.82, 2.24) is 15.5 Å². The van der Waals surface area contributed by atoms with E-state index in [-0.39, 0.29) is 18.5 Å². The van der Waals surface area contributed by atoms with Gasteiger partial charge in [0.1, 0.15) is 12.3 Å². The molecule has 29 heavy (non-hydrogen) atoms. The number of nitrogens with zero attached hydrogens (tertiary/aromatic N) is 2. The Morgan fingerprint density at radius 3 is 2.48 bits per heavy atom. The summed E-state index contributed by atoms with van der Waals surface area (Å²) < 4.78 is 5.19. The second-order valence-electron chi connectivity index (χ2n) is 6.87. The SMILES string of the molecule is COc1ccc(CCNC(=NCC(=O)N(C)C)NC(C)c2ccccc2Cl)cc1. The number of aliphatic imine (C=N–C) groups is 1. The summed E-state index contributed by atoms with van der Waals surface area (Å²) in [6.45, 7) is 2.75. The second-order valence-corrected chi connectivity index (χ2v) is 7.27. The molecule has 0 spiro atoms. The minimum Gasteiger partial charge on any atom is -0.497 e.